The highest BCUT2D eigenvalue weighted by Crippen LogP contribution is 2.34. The van der Waals surface area contributed by atoms with Gasteiger partial charge in [0.15, 0.2) is 5.78 Å². The summed E-state index contributed by atoms with van der Waals surface area (Å²) in [7, 11) is 5.35. The normalized spacial score (nSPS) is 18.1. The molecule has 0 unspecified atom stereocenters. The van der Waals surface area contributed by atoms with Crippen LogP contribution in [-0.4, -0.2) is 53.9 Å². The van der Waals surface area contributed by atoms with E-state index in [4.69, 9.17) is 4.74 Å². The third-order valence-corrected chi connectivity index (χ3v) is 6.83. The number of carbonyl (C=O) groups is 2. The van der Waals surface area contributed by atoms with Crippen LogP contribution in [0.25, 0.3) is 11.0 Å². The predicted molar refractivity (Wildman–Crippen MR) is 137 cm³/mol. The van der Waals surface area contributed by atoms with Crippen LogP contribution >= 0.6 is 0 Å². The van der Waals surface area contributed by atoms with Gasteiger partial charge in [0.1, 0.15) is 5.75 Å². The lowest BCUT2D eigenvalue weighted by Crippen LogP contribution is -2.31. The van der Waals surface area contributed by atoms with Gasteiger partial charge in [0.2, 0.25) is 5.91 Å². The molecule has 35 heavy (non-hydrogen) atoms. The highest BCUT2D eigenvalue weighted by Gasteiger charge is 2.29. The molecule has 8 heteroatoms. The maximum Gasteiger partial charge on any atom is 0.326 e. The van der Waals surface area contributed by atoms with Crippen LogP contribution in [0.4, 0.5) is 5.69 Å². The summed E-state index contributed by atoms with van der Waals surface area (Å²) in [5.41, 5.74) is 3.98. The summed E-state index contributed by atoms with van der Waals surface area (Å²) >= 11 is 0. The molecular weight excluding hydrogens is 444 g/mol. The fraction of sp³-hybridized carbons (Fsp3) is 0.444. The molecule has 1 saturated carbocycles. The molecule has 0 radical (unpaired) electrons. The second kappa shape index (κ2) is 10.5. The molecule has 0 bridgehead atoms. The minimum absolute atomic E-state index is 0.00215. The number of aryl methyl sites for hydroxylation is 1. The van der Waals surface area contributed by atoms with Crippen molar-refractivity contribution in [3.05, 3.63) is 58.0 Å². The molecule has 2 N–H and O–H groups in total. The SMILES string of the molecule is COc1cc(NC(=O)C2CCC(n3c(=O)[nH]c4c(CC(=O)CN(C)C)cccc43)CC2)ccc1C. The maximum atomic E-state index is 12.9. The molecule has 1 fully saturated rings. The Balaban J connectivity index is 1.45. The summed E-state index contributed by atoms with van der Waals surface area (Å²) in [5, 5.41) is 3.01. The molecule has 2 aromatic carbocycles. The predicted octanol–water partition coefficient (Wildman–Crippen LogP) is 3.69. The Bertz CT molecular complexity index is 1280. The quantitative estimate of drug-likeness (QED) is 0.515. The smallest absolute Gasteiger partial charge is 0.326 e. The van der Waals surface area contributed by atoms with Crippen molar-refractivity contribution < 1.29 is 14.3 Å². The second-order valence-corrected chi connectivity index (χ2v) is 9.74. The summed E-state index contributed by atoms with van der Waals surface area (Å²) in [5.74, 6) is 0.753. The van der Waals surface area contributed by atoms with Gasteiger partial charge in [0.25, 0.3) is 0 Å². The number of fused-ring (bicyclic) bond motifs is 1. The minimum Gasteiger partial charge on any atom is -0.496 e. The van der Waals surface area contributed by atoms with Crippen molar-refractivity contribution in [2.45, 2.75) is 45.1 Å². The summed E-state index contributed by atoms with van der Waals surface area (Å²) < 4.78 is 7.17. The molecule has 0 saturated heterocycles. The Labute approximate surface area is 205 Å². The van der Waals surface area contributed by atoms with Gasteiger partial charge in [0, 0.05) is 30.1 Å². The van der Waals surface area contributed by atoms with E-state index in [1.165, 1.54) is 0 Å². The Hall–Kier alpha value is -3.39. The first kappa shape index (κ1) is 24.7. The van der Waals surface area contributed by atoms with Crippen molar-refractivity contribution in [1.82, 2.24) is 14.5 Å². The first-order chi connectivity index (χ1) is 16.8. The van der Waals surface area contributed by atoms with Crippen LogP contribution in [0, 0.1) is 12.8 Å². The van der Waals surface area contributed by atoms with Crippen LogP contribution in [0.3, 0.4) is 0 Å². The molecular formula is C27H34N4O4. The van der Waals surface area contributed by atoms with Crippen molar-refractivity contribution in [2.24, 2.45) is 5.92 Å². The molecule has 8 nitrogen and oxygen atoms in total. The molecule has 1 aliphatic rings. The number of ether oxygens (including phenoxy) is 1. The summed E-state index contributed by atoms with van der Waals surface area (Å²) in [6.07, 6.45) is 3.18. The molecule has 0 spiro atoms. The number of carbonyl (C=O) groups excluding carboxylic acids is 2. The van der Waals surface area contributed by atoms with Crippen LogP contribution in [0.15, 0.2) is 41.2 Å². The van der Waals surface area contributed by atoms with Gasteiger partial charge in [-0.05, 0) is 70.0 Å². The number of H-pyrrole nitrogens is 1. The molecule has 1 aromatic heterocycles. The number of ketones is 1. The number of likely N-dealkylation sites (N-methyl/N-ethyl adjacent to an activating group) is 1. The number of imidazole rings is 1. The summed E-state index contributed by atoms with van der Waals surface area (Å²) in [6, 6.07) is 11.4. The van der Waals surface area contributed by atoms with Crippen LogP contribution in [0.5, 0.6) is 5.75 Å². The number of rotatable bonds is 8. The highest BCUT2D eigenvalue weighted by molar-refractivity contribution is 5.93. The highest BCUT2D eigenvalue weighted by atomic mass is 16.5. The topological polar surface area (TPSA) is 96.4 Å². The van der Waals surface area contributed by atoms with Gasteiger partial charge in [-0.2, -0.15) is 0 Å². The number of anilines is 1. The van der Waals surface area contributed by atoms with Gasteiger partial charge in [-0.25, -0.2) is 4.79 Å². The van der Waals surface area contributed by atoms with E-state index in [9.17, 15) is 14.4 Å². The number of hydrogen-bond acceptors (Lipinski definition) is 5. The monoisotopic (exact) mass is 478 g/mol. The van der Waals surface area contributed by atoms with Crippen LogP contribution in [-0.2, 0) is 16.0 Å². The fourth-order valence-corrected chi connectivity index (χ4v) is 5.08. The number of nitrogens with zero attached hydrogens (tertiary/aromatic N) is 2. The number of methoxy groups -OCH3 is 1. The Morgan fingerprint density at radius 1 is 1.14 bits per heavy atom. The molecule has 4 rings (SSSR count). The van der Waals surface area contributed by atoms with E-state index < -0.39 is 0 Å². The zero-order valence-corrected chi connectivity index (χ0v) is 20.9. The first-order valence-electron chi connectivity index (χ1n) is 12.1. The lowest BCUT2D eigenvalue weighted by Gasteiger charge is -2.28. The molecule has 1 aliphatic carbocycles. The number of aromatic amines is 1. The van der Waals surface area contributed by atoms with Gasteiger partial charge >= 0.3 is 5.69 Å². The zero-order chi connectivity index (χ0) is 25.1. The molecule has 186 valence electrons. The third-order valence-electron chi connectivity index (χ3n) is 6.83. The third kappa shape index (κ3) is 5.48. The van der Waals surface area contributed by atoms with Gasteiger partial charge in [-0.1, -0.05) is 18.2 Å². The fourth-order valence-electron chi connectivity index (χ4n) is 5.08. The van der Waals surface area contributed by atoms with E-state index in [0.717, 1.165) is 46.4 Å². The summed E-state index contributed by atoms with van der Waals surface area (Å²) in [4.78, 5) is 43.0. The number of benzene rings is 2. The number of Topliss-reactive ketones (excluding diaryl/α,β-unsaturated/α-hetero) is 1. The van der Waals surface area contributed by atoms with Gasteiger partial charge in [-0.15, -0.1) is 0 Å². The van der Waals surface area contributed by atoms with Gasteiger partial charge < -0.3 is 19.9 Å². The first-order valence-corrected chi connectivity index (χ1v) is 12.1. The van der Waals surface area contributed by atoms with E-state index >= 15 is 0 Å². The Kier molecular flexibility index (Phi) is 7.40. The Morgan fingerprint density at radius 2 is 1.89 bits per heavy atom. The van der Waals surface area contributed by atoms with E-state index in [0.29, 0.717) is 19.4 Å². The lowest BCUT2D eigenvalue weighted by molar-refractivity contribution is -0.121. The molecule has 1 amide bonds. The van der Waals surface area contributed by atoms with Crippen molar-refractivity contribution in [3.8, 4) is 5.75 Å². The number of para-hydroxylation sites is 1. The van der Waals surface area contributed by atoms with E-state index in [1.807, 2.05) is 66.9 Å². The van der Waals surface area contributed by atoms with E-state index in [1.54, 1.807) is 7.11 Å². The van der Waals surface area contributed by atoms with Gasteiger partial charge in [0.05, 0.1) is 24.7 Å². The van der Waals surface area contributed by atoms with Crippen molar-refractivity contribution in [2.75, 3.05) is 33.1 Å². The summed E-state index contributed by atoms with van der Waals surface area (Å²) in [6.45, 7) is 2.33. The average Bonchev–Trinajstić information content (AvgIpc) is 3.16. The van der Waals surface area contributed by atoms with Crippen molar-refractivity contribution in [3.63, 3.8) is 0 Å². The average molecular weight is 479 g/mol. The minimum atomic E-state index is -0.160. The van der Waals surface area contributed by atoms with Crippen LogP contribution in [0.1, 0.15) is 42.9 Å². The van der Waals surface area contributed by atoms with Crippen molar-refractivity contribution >= 4 is 28.4 Å². The van der Waals surface area contributed by atoms with Crippen LogP contribution < -0.4 is 15.7 Å². The maximum absolute atomic E-state index is 12.9. The number of nitrogens with one attached hydrogen (secondary N) is 2. The molecule has 0 atom stereocenters. The largest absolute Gasteiger partial charge is 0.496 e. The standard InChI is InChI=1S/C27H34N4O4/c1-17-8-11-20(15-24(17)35-4)28-26(33)18-9-12-21(13-10-18)31-23-7-5-6-19(25(23)29-27(31)34)14-22(32)16-30(2)3/h5-8,11,15,18,21H,9-10,12-14,16H2,1-4H3,(H,28,33)(H,29,34). The number of hydrogen-bond donors (Lipinski definition) is 2. The lowest BCUT2D eigenvalue weighted by atomic mass is 9.85. The van der Waals surface area contributed by atoms with E-state index in [-0.39, 0.29) is 35.8 Å². The molecule has 0 aliphatic heterocycles. The van der Waals surface area contributed by atoms with Gasteiger partial charge in [-0.3, -0.25) is 14.2 Å². The Morgan fingerprint density at radius 3 is 2.57 bits per heavy atom. The number of aromatic nitrogens is 2. The molecule has 3 aromatic rings. The number of amides is 1. The second-order valence-electron chi connectivity index (χ2n) is 9.74. The van der Waals surface area contributed by atoms with Crippen molar-refractivity contribution in [1.29, 1.82) is 0 Å². The molecule has 1 heterocycles. The zero-order valence-electron chi connectivity index (χ0n) is 20.9. The van der Waals surface area contributed by atoms with Crippen LogP contribution in [0.2, 0.25) is 0 Å². The van der Waals surface area contributed by atoms with E-state index in [2.05, 4.69) is 10.3 Å².